The van der Waals surface area contributed by atoms with E-state index in [-0.39, 0.29) is 35.8 Å². The molecule has 1 amide bonds. The highest BCUT2D eigenvalue weighted by Crippen LogP contribution is 2.39. The number of ether oxygens (including phenoxy) is 3. The molecule has 4 aromatic carbocycles. The number of hydrogen-bond donors (Lipinski definition) is 1. The van der Waals surface area contributed by atoms with E-state index >= 15 is 0 Å². The lowest BCUT2D eigenvalue weighted by Crippen LogP contribution is -2.48. The molecule has 1 heterocycles. The highest BCUT2D eigenvalue weighted by Gasteiger charge is 2.42. The predicted molar refractivity (Wildman–Crippen MR) is 163 cm³/mol. The van der Waals surface area contributed by atoms with Crippen molar-refractivity contribution in [3.63, 3.8) is 0 Å². The number of rotatable bonds is 10. The number of anilines is 1. The second-order valence-corrected chi connectivity index (χ2v) is 12.2. The van der Waals surface area contributed by atoms with E-state index in [9.17, 15) is 35.6 Å². The maximum Gasteiger partial charge on any atom is 0.419 e. The Morgan fingerprint density at radius 1 is 0.936 bits per heavy atom. The van der Waals surface area contributed by atoms with Crippen molar-refractivity contribution in [2.75, 3.05) is 31.7 Å². The van der Waals surface area contributed by atoms with E-state index in [1.165, 1.54) is 37.4 Å². The number of carbonyl (C=O) groups excluding carboxylic acids is 2. The number of methoxy groups -OCH3 is 2. The minimum Gasteiger partial charge on any atom is -0.496 e. The zero-order valence-electron chi connectivity index (χ0n) is 25.0. The highest BCUT2D eigenvalue weighted by molar-refractivity contribution is 7.93. The molecule has 47 heavy (non-hydrogen) atoms. The topological polar surface area (TPSA) is 111 Å². The molecule has 0 bridgehead atoms. The molecule has 0 unspecified atom stereocenters. The molecular weight excluding hydrogens is 644 g/mol. The molecule has 9 nitrogen and oxygen atoms in total. The molecule has 4 aromatic rings. The Bertz CT molecular complexity index is 1920. The van der Waals surface area contributed by atoms with E-state index in [1.807, 2.05) is 0 Å². The first-order valence-corrected chi connectivity index (χ1v) is 15.6. The third-order valence-electron chi connectivity index (χ3n) is 7.48. The van der Waals surface area contributed by atoms with E-state index in [0.717, 1.165) is 23.5 Å². The number of esters is 1. The van der Waals surface area contributed by atoms with E-state index < -0.39 is 51.2 Å². The SMILES string of the molecule is COC(=O)c1ccc(OCCNC(=O)[C@@H]2Cc3ccccc3N2S(=O)(=O)c2ccc(-c3ccc(F)cc3OC)cc2)c(C(F)(F)F)c1. The summed E-state index contributed by atoms with van der Waals surface area (Å²) in [5.41, 5.74) is 0.539. The molecule has 0 spiro atoms. The molecule has 5 rings (SSSR count). The van der Waals surface area contributed by atoms with Crippen LogP contribution >= 0.6 is 0 Å². The maximum absolute atomic E-state index is 14.0. The van der Waals surface area contributed by atoms with Gasteiger partial charge < -0.3 is 19.5 Å². The van der Waals surface area contributed by atoms with Crippen LogP contribution in [0.5, 0.6) is 11.5 Å². The van der Waals surface area contributed by atoms with Gasteiger partial charge in [0.2, 0.25) is 5.91 Å². The van der Waals surface area contributed by atoms with Gasteiger partial charge in [-0.25, -0.2) is 17.6 Å². The number of fused-ring (bicyclic) bond motifs is 1. The molecule has 0 aromatic heterocycles. The van der Waals surface area contributed by atoms with Crippen LogP contribution in [0.25, 0.3) is 11.1 Å². The van der Waals surface area contributed by atoms with Crippen LogP contribution in [-0.4, -0.2) is 53.7 Å². The van der Waals surface area contributed by atoms with Gasteiger partial charge in [0.1, 0.15) is 30.0 Å². The van der Waals surface area contributed by atoms with Crippen molar-refractivity contribution in [2.24, 2.45) is 0 Å². The third kappa shape index (κ3) is 6.87. The van der Waals surface area contributed by atoms with Crippen molar-refractivity contribution in [1.29, 1.82) is 0 Å². The third-order valence-corrected chi connectivity index (χ3v) is 9.32. The molecule has 1 atom stereocenters. The number of alkyl halides is 3. The minimum atomic E-state index is -4.84. The number of nitrogens with zero attached hydrogens (tertiary/aromatic N) is 1. The van der Waals surface area contributed by atoms with Crippen molar-refractivity contribution in [1.82, 2.24) is 5.32 Å². The Labute approximate surface area is 267 Å². The normalized spacial score (nSPS) is 14.3. The largest absolute Gasteiger partial charge is 0.496 e. The molecule has 0 radical (unpaired) electrons. The lowest BCUT2D eigenvalue weighted by molar-refractivity contribution is -0.139. The van der Waals surface area contributed by atoms with Gasteiger partial charge in [0.15, 0.2) is 0 Å². The van der Waals surface area contributed by atoms with Crippen LogP contribution in [0.3, 0.4) is 0 Å². The van der Waals surface area contributed by atoms with Crippen LogP contribution in [0, 0.1) is 5.82 Å². The number of halogens is 4. The van der Waals surface area contributed by atoms with E-state index in [4.69, 9.17) is 9.47 Å². The van der Waals surface area contributed by atoms with Crippen molar-refractivity contribution < 1.29 is 49.8 Å². The van der Waals surface area contributed by atoms with Crippen molar-refractivity contribution in [3.05, 3.63) is 107 Å². The fourth-order valence-electron chi connectivity index (χ4n) is 5.25. The van der Waals surface area contributed by atoms with Crippen LogP contribution in [0.2, 0.25) is 0 Å². The first-order valence-electron chi connectivity index (χ1n) is 14.1. The van der Waals surface area contributed by atoms with E-state index in [1.54, 1.807) is 36.4 Å². The zero-order valence-corrected chi connectivity index (χ0v) is 25.8. The van der Waals surface area contributed by atoms with Gasteiger partial charge in [-0.3, -0.25) is 9.10 Å². The van der Waals surface area contributed by atoms with Crippen molar-refractivity contribution >= 4 is 27.6 Å². The Balaban J connectivity index is 1.33. The molecule has 246 valence electrons. The van der Waals surface area contributed by atoms with Crippen molar-refractivity contribution in [2.45, 2.75) is 23.5 Å². The standard InChI is InChI=1S/C33H28F4N2O7S/c1-44-30-19-23(34)10-13-25(30)20-7-11-24(12-8-20)47(42,43)39-27-6-4-3-5-21(27)18-28(39)31(40)38-15-16-46-29-14-9-22(32(41)45-2)17-26(29)33(35,36)37/h3-14,17,19,28H,15-16,18H2,1-2H3,(H,38,40)/t28-/m0/s1. The molecule has 14 heteroatoms. The van der Waals surface area contributed by atoms with E-state index in [2.05, 4.69) is 10.1 Å². The molecule has 0 fully saturated rings. The lowest BCUT2D eigenvalue weighted by Gasteiger charge is -2.26. The lowest BCUT2D eigenvalue weighted by atomic mass is 10.0. The van der Waals surface area contributed by atoms with Gasteiger partial charge in [0, 0.05) is 18.1 Å². The van der Waals surface area contributed by atoms with Gasteiger partial charge >= 0.3 is 12.1 Å². The summed E-state index contributed by atoms with van der Waals surface area (Å²) < 4.78 is 98.6. The number of amides is 1. The van der Waals surface area contributed by atoms with Gasteiger partial charge in [-0.05, 0) is 59.7 Å². The summed E-state index contributed by atoms with van der Waals surface area (Å²) in [4.78, 5) is 25.0. The number of para-hydroxylation sites is 1. The van der Waals surface area contributed by atoms with E-state index in [0.29, 0.717) is 28.4 Å². The maximum atomic E-state index is 14.0. The number of hydrogen-bond acceptors (Lipinski definition) is 7. The van der Waals surface area contributed by atoms with Crippen LogP contribution in [0.15, 0.2) is 89.8 Å². The van der Waals surface area contributed by atoms with Crippen LogP contribution in [-0.2, 0) is 32.2 Å². The van der Waals surface area contributed by atoms with Crippen LogP contribution in [0.4, 0.5) is 23.2 Å². The van der Waals surface area contributed by atoms with Gasteiger partial charge in [0.25, 0.3) is 10.0 Å². The van der Waals surface area contributed by atoms with Gasteiger partial charge in [-0.15, -0.1) is 0 Å². The Morgan fingerprint density at radius 2 is 1.66 bits per heavy atom. The summed E-state index contributed by atoms with van der Waals surface area (Å²) in [5.74, 6) is -2.41. The summed E-state index contributed by atoms with van der Waals surface area (Å²) in [6.07, 6.45) is -4.78. The quantitative estimate of drug-likeness (QED) is 0.132. The average Bonchev–Trinajstić information content (AvgIpc) is 3.46. The average molecular weight is 673 g/mol. The molecule has 1 N–H and O–H groups in total. The van der Waals surface area contributed by atoms with Gasteiger partial charge in [0.05, 0.1) is 42.5 Å². The summed E-state index contributed by atoms with van der Waals surface area (Å²) in [6.45, 7) is -0.628. The monoisotopic (exact) mass is 672 g/mol. The molecule has 1 aliphatic heterocycles. The Hall–Kier alpha value is -5.11. The minimum absolute atomic E-state index is 0.0557. The Morgan fingerprint density at radius 3 is 2.34 bits per heavy atom. The number of benzene rings is 4. The summed E-state index contributed by atoms with van der Waals surface area (Å²) in [7, 11) is -1.85. The molecular formula is C33H28F4N2O7S. The number of sulfonamides is 1. The summed E-state index contributed by atoms with van der Waals surface area (Å²) in [5, 5.41) is 2.56. The smallest absolute Gasteiger partial charge is 0.419 e. The van der Waals surface area contributed by atoms with Gasteiger partial charge in [-0.1, -0.05) is 30.3 Å². The fraction of sp³-hybridized carbons (Fsp3) is 0.212. The fourth-order valence-corrected chi connectivity index (χ4v) is 6.90. The first-order chi connectivity index (χ1) is 22.3. The van der Waals surface area contributed by atoms with Crippen molar-refractivity contribution in [3.8, 4) is 22.6 Å². The summed E-state index contributed by atoms with van der Waals surface area (Å²) >= 11 is 0. The molecule has 0 aliphatic carbocycles. The van der Waals surface area contributed by atoms with Gasteiger partial charge in [-0.2, -0.15) is 13.2 Å². The molecule has 0 saturated heterocycles. The predicted octanol–water partition coefficient (Wildman–Crippen LogP) is 5.62. The van der Waals surface area contributed by atoms with Crippen LogP contribution < -0.4 is 19.1 Å². The number of carbonyl (C=O) groups is 2. The molecule has 1 aliphatic rings. The second kappa shape index (κ2) is 13.3. The van der Waals surface area contributed by atoms with Crippen LogP contribution in [0.1, 0.15) is 21.5 Å². The first kappa shape index (κ1) is 33.3. The number of nitrogens with one attached hydrogen (secondary N) is 1. The second-order valence-electron chi connectivity index (χ2n) is 10.4. The highest BCUT2D eigenvalue weighted by atomic mass is 32.2. The Kier molecular flexibility index (Phi) is 9.43. The molecule has 0 saturated carbocycles. The zero-order chi connectivity index (χ0) is 33.9. The summed E-state index contributed by atoms with van der Waals surface area (Å²) in [6, 6.07) is 18.0.